The Morgan fingerprint density at radius 1 is 1.78 bits per heavy atom. The zero-order chi connectivity index (χ0) is 6.69. The van der Waals surface area contributed by atoms with E-state index in [9.17, 15) is 0 Å². The van der Waals surface area contributed by atoms with Gasteiger partial charge in [0.15, 0.2) is 0 Å². The van der Waals surface area contributed by atoms with Gasteiger partial charge in [0.05, 0.1) is 0 Å². The lowest BCUT2D eigenvalue weighted by atomic mass is 10.7. The minimum Gasteiger partial charge on any atom is -0.357 e. The van der Waals surface area contributed by atoms with Gasteiger partial charge in [-0.05, 0) is 6.92 Å². The van der Waals surface area contributed by atoms with Crippen LogP contribution in [0.1, 0.15) is 6.92 Å². The molecule has 0 spiro atoms. The molecule has 0 fully saturated rings. The molecule has 1 aromatic rings. The van der Waals surface area contributed by atoms with Crippen LogP contribution in [0.4, 0.5) is 5.95 Å². The average molecular weight is 126 g/mol. The minimum atomic E-state index is 0.817. The zero-order valence-electron chi connectivity index (χ0n) is 5.63. The van der Waals surface area contributed by atoms with E-state index in [2.05, 4.69) is 15.5 Å². The third kappa shape index (κ3) is 1.01. The van der Waals surface area contributed by atoms with Crippen LogP contribution in [0.25, 0.3) is 0 Å². The van der Waals surface area contributed by atoms with Gasteiger partial charge in [0.1, 0.15) is 6.33 Å². The van der Waals surface area contributed by atoms with E-state index >= 15 is 0 Å². The maximum absolute atomic E-state index is 3.81. The highest BCUT2D eigenvalue weighted by Crippen LogP contribution is 1.97. The van der Waals surface area contributed by atoms with Crippen LogP contribution < -0.4 is 5.32 Å². The van der Waals surface area contributed by atoms with E-state index in [-0.39, 0.29) is 0 Å². The Labute approximate surface area is 53.9 Å². The summed E-state index contributed by atoms with van der Waals surface area (Å²) in [6.07, 6.45) is 1.70. The summed E-state index contributed by atoms with van der Waals surface area (Å²) in [6.45, 7) is 2.95. The molecule has 0 bridgehead atoms. The predicted octanol–water partition coefficient (Wildman–Crippen LogP) is 0.340. The molecule has 4 heteroatoms. The van der Waals surface area contributed by atoms with Crippen molar-refractivity contribution in [3.8, 4) is 0 Å². The lowest BCUT2D eigenvalue weighted by Crippen LogP contribution is -2.00. The van der Waals surface area contributed by atoms with Crippen molar-refractivity contribution in [1.82, 2.24) is 14.8 Å². The first-order valence-electron chi connectivity index (χ1n) is 2.94. The second kappa shape index (κ2) is 2.48. The summed E-state index contributed by atoms with van der Waals surface area (Å²) in [5.41, 5.74) is 0. The maximum Gasteiger partial charge on any atom is 0.224 e. The summed E-state index contributed by atoms with van der Waals surface area (Å²) < 4.78 is 1.93. The number of hydrogen-bond acceptors (Lipinski definition) is 3. The molecule has 0 aromatic carbocycles. The second-order valence-electron chi connectivity index (χ2n) is 1.69. The van der Waals surface area contributed by atoms with E-state index in [0.717, 1.165) is 12.5 Å². The quantitative estimate of drug-likeness (QED) is 0.621. The molecule has 0 atom stereocenters. The van der Waals surface area contributed by atoms with Crippen molar-refractivity contribution in [2.75, 3.05) is 12.4 Å². The number of aromatic nitrogens is 3. The van der Waals surface area contributed by atoms with Crippen molar-refractivity contribution in [3.05, 3.63) is 6.33 Å². The summed E-state index contributed by atoms with van der Waals surface area (Å²) in [5.74, 6) is 0.817. The molecule has 0 aliphatic rings. The van der Waals surface area contributed by atoms with Crippen molar-refractivity contribution in [1.29, 1.82) is 0 Å². The van der Waals surface area contributed by atoms with Crippen LogP contribution in [0.3, 0.4) is 0 Å². The molecule has 0 amide bonds. The van der Waals surface area contributed by atoms with Crippen molar-refractivity contribution in [2.24, 2.45) is 0 Å². The molecule has 0 saturated heterocycles. The van der Waals surface area contributed by atoms with E-state index in [4.69, 9.17) is 0 Å². The van der Waals surface area contributed by atoms with E-state index in [1.165, 1.54) is 0 Å². The van der Waals surface area contributed by atoms with Gasteiger partial charge in [-0.1, -0.05) is 0 Å². The lowest BCUT2D eigenvalue weighted by molar-refractivity contribution is 0.766. The third-order valence-corrected chi connectivity index (χ3v) is 1.18. The average Bonchev–Trinajstić information content (AvgIpc) is 2.33. The molecule has 0 radical (unpaired) electrons. The number of anilines is 1. The number of nitrogens with one attached hydrogen (secondary N) is 1. The fourth-order valence-electron chi connectivity index (χ4n) is 0.680. The van der Waals surface area contributed by atoms with Crippen LogP contribution in [-0.4, -0.2) is 21.8 Å². The highest BCUT2D eigenvalue weighted by atomic mass is 15.3. The van der Waals surface area contributed by atoms with E-state index in [1.807, 2.05) is 18.5 Å². The van der Waals surface area contributed by atoms with Gasteiger partial charge >= 0.3 is 0 Å². The molecule has 9 heavy (non-hydrogen) atoms. The van der Waals surface area contributed by atoms with Crippen molar-refractivity contribution in [2.45, 2.75) is 13.5 Å². The molecule has 1 rings (SSSR count). The third-order valence-electron chi connectivity index (χ3n) is 1.18. The molecule has 0 aliphatic heterocycles. The van der Waals surface area contributed by atoms with Crippen LogP contribution in [-0.2, 0) is 6.54 Å². The van der Waals surface area contributed by atoms with Crippen molar-refractivity contribution >= 4 is 5.95 Å². The summed E-state index contributed by atoms with van der Waals surface area (Å²) in [5, 5.41) is 10.4. The Bertz CT molecular complexity index is 162. The van der Waals surface area contributed by atoms with E-state index in [1.54, 1.807) is 6.33 Å². The Balaban J connectivity index is 2.85. The van der Waals surface area contributed by atoms with Gasteiger partial charge < -0.3 is 9.88 Å². The molecule has 0 unspecified atom stereocenters. The topological polar surface area (TPSA) is 42.7 Å². The van der Waals surface area contributed by atoms with Gasteiger partial charge in [0.2, 0.25) is 5.95 Å². The summed E-state index contributed by atoms with van der Waals surface area (Å²) in [4.78, 5) is 0. The first-order chi connectivity index (χ1) is 4.38. The first kappa shape index (κ1) is 6.07. The summed E-state index contributed by atoms with van der Waals surface area (Å²) >= 11 is 0. The highest BCUT2D eigenvalue weighted by Gasteiger charge is 1.95. The SMILES string of the molecule is CCn1cnnc1NC. The largest absolute Gasteiger partial charge is 0.357 e. The normalized spacial score (nSPS) is 9.56. The molecule has 0 saturated carbocycles. The predicted molar refractivity (Wildman–Crippen MR) is 35.2 cm³/mol. The smallest absolute Gasteiger partial charge is 0.224 e. The zero-order valence-corrected chi connectivity index (χ0v) is 5.63. The van der Waals surface area contributed by atoms with Crippen LogP contribution in [0.2, 0.25) is 0 Å². The summed E-state index contributed by atoms with van der Waals surface area (Å²) in [7, 11) is 1.83. The molecule has 50 valence electrons. The standard InChI is InChI=1S/C5H10N4/c1-3-9-4-7-8-5(9)6-2/h4H,3H2,1-2H3,(H,6,8). The van der Waals surface area contributed by atoms with E-state index < -0.39 is 0 Å². The van der Waals surface area contributed by atoms with Gasteiger partial charge in [0, 0.05) is 13.6 Å². The van der Waals surface area contributed by atoms with Gasteiger partial charge in [0.25, 0.3) is 0 Å². The van der Waals surface area contributed by atoms with Crippen LogP contribution in [0.5, 0.6) is 0 Å². The number of nitrogens with zero attached hydrogens (tertiary/aromatic N) is 3. The number of hydrogen-bond donors (Lipinski definition) is 1. The Kier molecular flexibility index (Phi) is 1.67. The molecular weight excluding hydrogens is 116 g/mol. The van der Waals surface area contributed by atoms with Crippen LogP contribution in [0.15, 0.2) is 6.33 Å². The van der Waals surface area contributed by atoms with Crippen LogP contribution in [0, 0.1) is 0 Å². The lowest BCUT2D eigenvalue weighted by Gasteiger charge is -1.98. The highest BCUT2D eigenvalue weighted by molar-refractivity contribution is 5.20. The van der Waals surface area contributed by atoms with Gasteiger partial charge in [-0.25, -0.2) is 0 Å². The fraction of sp³-hybridized carbons (Fsp3) is 0.600. The monoisotopic (exact) mass is 126 g/mol. The van der Waals surface area contributed by atoms with Gasteiger partial charge in [-0.15, -0.1) is 10.2 Å². The van der Waals surface area contributed by atoms with Gasteiger partial charge in [-0.3, -0.25) is 0 Å². The van der Waals surface area contributed by atoms with Crippen molar-refractivity contribution < 1.29 is 0 Å². The Morgan fingerprint density at radius 3 is 3.00 bits per heavy atom. The molecule has 0 aliphatic carbocycles. The van der Waals surface area contributed by atoms with Crippen LogP contribution >= 0.6 is 0 Å². The van der Waals surface area contributed by atoms with Gasteiger partial charge in [-0.2, -0.15) is 0 Å². The Morgan fingerprint density at radius 2 is 2.56 bits per heavy atom. The fourth-order valence-corrected chi connectivity index (χ4v) is 0.680. The van der Waals surface area contributed by atoms with E-state index in [0.29, 0.717) is 0 Å². The second-order valence-corrected chi connectivity index (χ2v) is 1.69. The number of aryl methyl sites for hydroxylation is 1. The summed E-state index contributed by atoms with van der Waals surface area (Å²) in [6, 6.07) is 0. The Hall–Kier alpha value is -1.06. The molecular formula is C5H10N4. The molecule has 4 nitrogen and oxygen atoms in total. The molecule has 1 aromatic heterocycles. The maximum atomic E-state index is 3.81. The van der Waals surface area contributed by atoms with Crippen molar-refractivity contribution in [3.63, 3.8) is 0 Å². The number of rotatable bonds is 2. The molecule has 1 N–H and O–H groups in total. The minimum absolute atomic E-state index is 0.817. The molecule has 1 heterocycles. The first-order valence-corrected chi connectivity index (χ1v) is 2.94.